The average Bonchev–Trinajstić information content (AvgIpc) is 2.84. The standard InChI is InChI=1S/C13H13Cl2N3O2/c1-8-16-13(18-20-8)6-5-12(17-19-2)9-3-4-10(14)11(15)7-9/h3-4,7H,5-6H2,1-2H3. The summed E-state index contributed by atoms with van der Waals surface area (Å²) in [5.74, 6) is 1.17. The molecule has 0 saturated heterocycles. The lowest BCUT2D eigenvalue weighted by molar-refractivity contribution is 0.213. The number of benzene rings is 1. The first-order chi connectivity index (χ1) is 9.60. The Morgan fingerprint density at radius 1 is 1.35 bits per heavy atom. The third-order valence-electron chi connectivity index (χ3n) is 2.61. The molecule has 0 saturated carbocycles. The number of oxime groups is 1. The predicted octanol–water partition coefficient (Wildman–Crippen LogP) is 3.67. The number of hydrogen-bond acceptors (Lipinski definition) is 5. The van der Waals surface area contributed by atoms with E-state index in [1.54, 1.807) is 19.1 Å². The van der Waals surface area contributed by atoms with Gasteiger partial charge in [-0.2, -0.15) is 4.98 Å². The van der Waals surface area contributed by atoms with E-state index in [1.807, 2.05) is 6.07 Å². The van der Waals surface area contributed by atoms with E-state index >= 15 is 0 Å². The summed E-state index contributed by atoms with van der Waals surface area (Å²) in [6, 6.07) is 5.32. The minimum atomic E-state index is 0.475. The van der Waals surface area contributed by atoms with Crippen LogP contribution in [0.25, 0.3) is 0 Å². The van der Waals surface area contributed by atoms with Crippen molar-refractivity contribution in [2.24, 2.45) is 5.16 Å². The third kappa shape index (κ3) is 3.71. The molecule has 1 heterocycles. The molecular weight excluding hydrogens is 301 g/mol. The molecule has 7 heteroatoms. The molecule has 0 radical (unpaired) electrons. The Morgan fingerprint density at radius 2 is 2.15 bits per heavy atom. The van der Waals surface area contributed by atoms with Crippen LogP contribution < -0.4 is 0 Å². The van der Waals surface area contributed by atoms with Crippen LogP contribution in [-0.4, -0.2) is 23.0 Å². The molecule has 0 spiro atoms. The van der Waals surface area contributed by atoms with Gasteiger partial charge >= 0.3 is 0 Å². The van der Waals surface area contributed by atoms with Crippen molar-refractivity contribution in [3.8, 4) is 0 Å². The number of aryl methyl sites for hydroxylation is 2. The van der Waals surface area contributed by atoms with Crippen molar-refractivity contribution in [3.63, 3.8) is 0 Å². The van der Waals surface area contributed by atoms with Crippen LogP contribution in [0.3, 0.4) is 0 Å². The molecule has 0 amide bonds. The highest BCUT2D eigenvalue weighted by molar-refractivity contribution is 6.42. The highest BCUT2D eigenvalue weighted by Crippen LogP contribution is 2.23. The van der Waals surface area contributed by atoms with E-state index in [1.165, 1.54) is 7.11 Å². The van der Waals surface area contributed by atoms with Gasteiger partial charge in [0.05, 0.1) is 15.8 Å². The van der Waals surface area contributed by atoms with Gasteiger partial charge in [0.25, 0.3) is 0 Å². The van der Waals surface area contributed by atoms with E-state index in [2.05, 4.69) is 15.3 Å². The minimum absolute atomic E-state index is 0.475. The summed E-state index contributed by atoms with van der Waals surface area (Å²) >= 11 is 11.9. The average molecular weight is 314 g/mol. The molecule has 106 valence electrons. The molecule has 2 rings (SSSR count). The molecule has 1 aromatic heterocycles. The summed E-state index contributed by atoms with van der Waals surface area (Å²) in [4.78, 5) is 9.02. The van der Waals surface area contributed by atoms with Crippen LogP contribution in [0.15, 0.2) is 27.9 Å². The van der Waals surface area contributed by atoms with Crippen LogP contribution in [0.4, 0.5) is 0 Å². The fourth-order valence-electron chi connectivity index (χ4n) is 1.70. The molecule has 0 N–H and O–H groups in total. The number of nitrogens with zero attached hydrogens (tertiary/aromatic N) is 3. The van der Waals surface area contributed by atoms with E-state index in [9.17, 15) is 0 Å². The molecule has 0 aliphatic rings. The summed E-state index contributed by atoms with van der Waals surface area (Å²) in [6.07, 6.45) is 1.20. The Hall–Kier alpha value is -1.59. The van der Waals surface area contributed by atoms with E-state index in [-0.39, 0.29) is 0 Å². The molecule has 0 fully saturated rings. The normalized spacial score (nSPS) is 11.7. The minimum Gasteiger partial charge on any atom is -0.399 e. The van der Waals surface area contributed by atoms with Crippen LogP contribution in [0.2, 0.25) is 10.0 Å². The van der Waals surface area contributed by atoms with Crippen LogP contribution in [0.1, 0.15) is 23.7 Å². The van der Waals surface area contributed by atoms with Crippen LogP contribution in [-0.2, 0) is 11.3 Å². The van der Waals surface area contributed by atoms with Gasteiger partial charge in [-0.15, -0.1) is 0 Å². The molecule has 2 aromatic rings. The molecule has 0 atom stereocenters. The van der Waals surface area contributed by atoms with Crippen molar-refractivity contribution in [2.75, 3.05) is 7.11 Å². The summed E-state index contributed by atoms with van der Waals surface area (Å²) in [7, 11) is 1.50. The zero-order valence-electron chi connectivity index (χ0n) is 11.1. The van der Waals surface area contributed by atoms with Crippen molar-refractivity contribution >= 4 is 28.9 Å². The van der Waals surface area contributed by atoms with Crippen molar-refractivity contribution in [3.05, 3.63) is 45.5 Å². The molecule has 0 bridgehead atoms. The molecule has 0 aliphatic heterocycles. The second-order valence-corrected chi connectivity index (χ2v) is 4.89. The summed E-state index contributed by atoms with van der Waals surface area (Å²) in [5.41, 5.74) is 1.59. The van der Waals surface area contributed by atoms with E-state index < -0.39 is 0 Å². The Kier molecular flexibility index (Phi) is 4.98. The predicted molar refractivity (Wildman–Crippen MR) is 77.4 cm³/mol. The first kappa shape index (κ1) is 14.8. The molecule has 0 aliphatic carbocycles. The van der Waals surface area contributed by atoms with Gasteiger partial charge in [0.1, 0.15) is 7.11 Å². The molecule has 20 heavy (non-hydrogen) atoms. The van der Waals surface area contributed by atoms with Gasteiger partial charge in [0.2, 0.25) is 5.89 Å². The maximum atomic E-state index is 6.01. The Balaban J connectivity index is 2.14. The van der Waals surface area contributed by atoms with Gasteiger partial charge in [0, 0.05) is 25.3 Å². The van der Waals surface area contributed by atoms with E-state index in [0.29, 0.717) is 34.6 Å². The van der Waals surface area contributed by atoms with Crippen molar-refractivity contribution in [1.82, 2.24) is 10.1 Å². The molecule has 1 aromatic carbocycles. The zero-order valence-corrected chi connectivity index (χ0v) is 12.6. The number of hydrogen-bond donors (Lipinski definition) is 0. The second-order valence-electron chi connectivity index (χ2n) is 4.08. The topological polar surface area (TPSA) is 60.5 Å². The molecular formula is C13H13Cl2N3O2. The lowest BCUT2D eigenvalue weighted by Gasteiger charge is -2.06. The van der Waals surface area contributed by atoms with Crippen LogP contribution >= 0.6 is 23.2 Å². The Bertz CT molecular complexity index is 626. The number of rotatable bonds is 5. The fourth-order valence-corrected chi connectivity index (χ4v) is 2.00. The van der Waals surface area contributed by atoms with Crippen molar-refractivity contribution in [1.29, 1.82) is 0 Å². The smallest absolute Gasteiger partial charge is 0.223 e. The van der Waals surface area contributed by atoms with Crippen LogP contribution in [0, 0.1) is 6.92 Å². The highest BCUT2D eigenvalue weighted by atomic mass is 35.5. The Morgan fingerprint density at radius 3 is 2.75 bits per heavy atom. The third-order valence-corrected chi connectivity index (χ3v) is 3.35. The van der Waals surface area contributed by atoms with Crippen molar-refractivity contribution in [2.45, 2.75) is 19.8 Å². The second kappa shape index (κ2) is 6.72. The SMILES string of the molecule is CON=C(CCc1noc(C)n1)c1ccc(Cl)c(Cl)c1. The largest absolute Gasteiger partial charge is 0.399 e. The number of aromatic nitrogens is 2. The van der Waals surface area contributed by atoms with E-state index in [0.717, 1.165) is 11.3 Å². The molecule has 5 nitrogen and oxygen atoms in total. The molecule has 0 unspecified atom stereocenters. The maximum Gasteiger partial charge on any atom is 0.223 e. The zero-order chi connectivity index (χ0) is 14.5. The quantitative estimate of drug-likeness (QED) is 0.624. The summed E-state index contributed by atoms with van der Waals surface area (Å²) in [5, 5.41) is 8.84. The lowest BCUT2D eigenvalue weighted by Crippen LogP contribution is -2.05. The summed E-state index contributed by atoms with van der Waals surface area (Å²) < 4.78 is 4.93. The van der Waals surface area contributed by atoms with E-state index in [4.69, 9.17) is 32.6 Å². The van der Waals surface area contributed by atoms with Gasteiger partial charge in [-0.25, -0.2) is 0 Å². The monoisotopic (exact) mass is 313 g/mol. The van der Waals surface area contributed by atoms with Crippen molar-refractivity contribution < 1.29 is 9.36 Å². The maximum absolute atomic E-state index is 6.01. The first-order valence-electron chi connectivity index (χ1n) is 5.95. The summed E-state index contributed by atoms with van der Waals surface area (Å²) in [6.45, 7) is 1.75. The Labute approximate surface area is 126 Å². The van der Waals surface area contributed by atoms with Gasteiger partial charge in [0.15, 0.2) is 5.82 Å². The fraction of sp³-hybridized carbons (Fsp3) is 0.308. The number of halogens is 2. The highest BCUT2D eigenvalue weighted by Gasteiger charge is 2.10. The van der Waals surface area contributed by atoms with Gasteiger partial charge in [-0.3, -0.25) is 0 Å². The van der Waals surface area contributed by atoms with Gasteiger partial charge in [-0.1, -0.05) is 39.6 Å². The lowest BCUT2D eigenvalue weighted by atomic mass is 10.1. The van der Waals surface area contributed by atoms with Gasteiger partial charge in [-0.05, 0) is 12.1 Å². The first-order valence-corrected chi connectivity index (χ1v) is 6.70. The van der Waals surface area contributed by atoms with Gasteiger partial charge < -0.3 is 9.36 Å². The van der Waals surface area contributed by atoms with Crippen LogP contribution in [0.5, 0.6) is 0 Å².